The monoisotopic (exact) mass is 333 g/mol. The Bertz CT molecular complexity index is 837. The summed E-state index contributed by atoms with van der Waals surface area (Å²) in [5, 5.41) is 4.93. The number of benzene rings is 1. The lowest BCUT2D eigenvalue weighted by atomic mass is 10.2. The molecule has 0 aliphatic heterocycles. The van der Waals surface area contributed by atoms with Crippen LogP contribution in [0.2, 0.25) is 5.15 Å². The van der Waals surface area contributed by atoms with E-state index in [9.17, 15) is 9.18 Å². The molecule has 0 saturated heterocycles. The van der Waals surface area contributed by atoms with E-state index in [0.717, 1.165) is 0 Å². The van der Waals surface area contributed by atoms with Gasteiger partial charge in [-0.3, -0.25) is 10.1 Å². The maximum Gasteiger partial charge on any atom is 0.260 e. The Kier molecular flexibility index (Phi) is 4.13. The number of anilines is 1. The van der Waals surface area contributed by atoms with Crippen LogP contribution in [0.15, 0.2) is 48.0 Å². The molecule has 0 fully saturated rings. The second-order valence-electron chi connectivity index (χ2n) is 4.34. The fourth-order valence-corrected chi connectivity index (χ4v) is 2.75. The number of pyridine rings is 1. The third-order valence-electron chi connectivity index (χ3n) is 2.85. The first-order valence-corrected chi connectivity index (χ1v) is 7.52. The molecule has 1 aromatic carbocycles. The van der Waals surface area contributed by atoms with Crippen molar-refractivity contribution >= 4 is 34.0 Å². The van der Waals surface area contributed by atoms with Crippen LogP contribution in [0.4, 0.5) is 9.52 Å². The van der Waals surface area contributed by atoms with E-state index in [2.05, 4.69) is 15.3 Å². The minimum atomic E-state index is -0.391. The molecule has 0 atom stereocenters. The summed E-state index contributed by atoms with van der Waals surface area (Å²) in [5.74, 6) is -0.725. The van der Waals surface area contributed by atoms with Gasteiger partial charge in [-0.1, -0.05) is 23.7 Å². The van der Waals surface area contributed by atoms with Crippen LogP contribution in [0.25, 0.3) is 11.3 Å². The molecule has 0 radical (unpaired) electrons. The van der Waals surface area contributed by atoms with Crippen molar-refractivity contribution in [1.82, 2.24) is 9.97 Å². The highest BCUT2D eigenvalue weighted by Crippen LogP contribution is 2.26. The SMILES string of the molecule is O=C(Nc1nc(-c2cccc(F)c2)cs1)c1cccnc1Cl. The molecule has 2 heterocycles. The molecule has 0 aliphatic rings. The van der Waals surface area contributed by atoms with E-state index in [4.69, 9.17) is 11.6 Å². The number of rotatable bonds is 3. The molecule has 110 valence electrons. The van der Waals surface area contributed by atoms with Crippen LogP contribution in [0.5, 0.6) is 0 Å². The van der Waals surface area contributed by atoms with E-state index in [1.54, 1.807) is 29.6 Å². The smallest absolute Gasteiger partial charge is 0.260 e. The van der Waals surface area contributed by atoms with Gasteiger partial charge in [-0.25, -0.2) is 14.4 Å². The van der Waals surface area contributed by atoms with Crippen molar-refractivity contribution < 1.29 is 9.18 Å². The molecule has 0 spiro atoms. The normalized spacial score (nSPS) is 10.5. The van der Waals surface area contributed by atoms with E-state index >= 15 is 0 Å². The fourth-order valence-electron chi connectivity index (χ4n) is 1.83. The van der Waals surface area contributed by atoms with Crippen molar-refractivity contribution in [2.24, 2.45) is 0 Å². The summed E-state index contributed by atoms with van der Waals surface area (Å²) >= 11 is 7.12. The summed E-state index contributed by atoms with van der Waals surface area (Å²) in [6, 6.07) is 9.31. The first-order valence-electron chi connectivity index (χ1n) is 6.27. The molecule has 4 nitrogen and oxygen atoms in total. The third-order valence-corrected chi connectivity index (χ3v) is 3.91. The van der Waals surface area contributed by atoms with Crippen LogP contribution < -0.4 is 5.32 Å². The molecular formula is C15H9ClFN3OS. The molecule has 0 saturated carbocycles. The number of thiazole rings is 1. The molecule has 22 heavy (non-hydrogen) atoms. The molecule has 7 heteroatoms. The molecule has 1 N–H and O–H groups in total. The average Bonchev–Trinajstić information content (AvgIpc) is 2.96. The van der Waals surface area contributed by atoms with Crippen LogP contribution in [-0.2, 0) is 0 Å². The number of amides is 1. The highest BCUT2D eigenvalue weighted by Gasteiger charge is 2.13. The van der Waals surface area contributed by atoms with Gasteiger partial charge in [0.25, 0.3) is 5.91 Å². The van der Waals surface area contributed by atoms with Gasteiger partial charge in [0.2, 0.25) is 0 Å². The Morgan fingerprint density at radius 1 is 1.27 bits per heavy atom. The summed E-state index contributed by atoms with van der Waals surface area (Å²) in [5.41, 5.74) is 1.51. The zero-order valence-corrected chi connectivity index (χ0v) is 12.7. The summed E-state index contributed by atoms with van der Waals surface area (Å²) < 4.78 is 13.2. The standard InChI is InChI=1S/C15H9ClFN3OS/c16-13-11(5-2-6-18-13)14(21)20-15-19-12(8-22-15)9-3-1-4-10(17)7-9/h1-8H,(H,19,20,21). The topological polar surface area (TPSA) is 54.9 Å². The number of halogens is 2. The van der Waals surface area contributed by atoms with Gasteiger partial charge in [0.1, 0.15) is 11.0 Å². The zero-order chi connectivity index (χ0) is 15.5. The molecule has 0 bridgehead atoms. The molecule has 3 aromatic rings. The van der Waals surface area contributed by atoms with Gasteiger partial charge in [0, 0.05) is 17.1 Å². The maximum absolute atomic E-state index is 13.2. The summed E-state index contributed by atoms with van der Waals surface area (Å²) in [7, 11) is 0. The highest BCUT2D eigenvalue weighted by atomic mass is 35.5. The Morgan fingerprint density at radius 2 is 2.14 bits per heavy atom. The van der Waals surface area contributed by atoms with Crippen LogP contribution >= 0.6 is 22.9 Å². The van der Waals surface area contributed by atoms with Crippen molar-refractivity contribution in [1.29, 1.82) is 0 Å². The zero-order valence-electron chi connectivity index (χ0n) is 11.1. The molecule has 3 rings (SSSR count). The van der Waals surface area contributed by atoms with Crippen molar-refractivity contribution in [3.05, 3.63) is 64.5 Å². The van der Waals surface area contributed by atoms with Crippen LogP contribution in [0.1, 0.15) is 10.4 Å². The largest absolute Gasteiger partial charge is 0.298 e. The van der Waals surface area contributed by atoms with E-state index in [1.165, 1.54) is 29.7 Å². The van der Waals surface area contributed by atoms with Crippen molar-refractivity contribution in [2.45, 2.75) is 0 Å². The molecule has 0 aliphatic carbocycles. The molecular weight excluding hydrogens is 325 g/mol. The van der Waals surface area contributed by atoms with Gasteiger partial charge in [0.15, 0.2) is 5.13 Å². The summed E-state index contributed by atoms with van der Waals surface area (Å²) in [4.78, 5) is 20.2. The summed E-state index contributed by atoms with van der Waals surface area (Å²) in [6.07, 6.45) is 1.50. The van der Waals surface area contributed by atoms with Gasteiger partial charge in [-0.05, 0) is 24.3 Å². The minimum Gasteiger partial charge on any atom is -0.298 e. The van der Waals surface area contributed by atoms with Crippen molar-refractivity contribution in [3.8, 4) is 11.3 Å². The number of aromatic nitrogens is 2. The quantitative estimate of drug-likeness (QED) is 0.729. The highest BCUT2D eigenvalue weighted by molar-refractivity contribution is 7.14. The lowest BCUT2D eigenvalue weighted by Gasteiger charge is -2.02. The molecule has 2 aromatic heterocycles. The second kappa shape index (κ2) is 6.21. The first kappa shape index (κ1) is 14.6. The number of nitrogens with zero attached hydrogens (tertiary/aromatic N) is 2. The van der Waals surface area contributed by atoms with E-state index in [0.29, 0.717) is 16.4 Å². The third kappa shape index (κ3) is 3.13. The number of hydrogen-bond donors (Lipinski definition) is 1. The first-order chi connectivity index (χ1) is 10.6. The Hall–Kier alpha value is -2.31. The van der Waals surface area contributed by atoms with Gasteiger partial charge < -0.3 is 0 Å². The lowest BCUT2D eigenvalue weighted by Crippen LogP contribution is -2.12. The molecule has 0 unspecified atom stereocenters. The predicted octanol–water partition coefficient (Wildman–Crippen LogP) is 4.25. The Labute approximate surface area is 134 Å². The fraction of sp³-hybridized carbons (Fsp3) is 0. The summed E-state index contributed by atoms with van der Waals surface area (Å²) in [6.45, 7) is 0. The van der Waals surface area contributed by atoms with E-state index < -0.39 is 5.91 Å². The van der Waals surface area contributed by atoms with Gasteiger partial charge >= 0.3 is 0 Å². The second-order valence-corrected chi connectivity index (χ2v) is 5.56. The lowest BCUT2D eigenvalue weighted by molar-refractivity contribution is 0.102. The van der Waals surface area contributed by atoms with Gasteiger partial charge in [0.05, 0.1) is 11.3 Å². The Balaban J connectivity index is 1.80. The van der Waals surface area contributed by atoms with Crippen LogP contribution in [0, 0.1) is 5.82 Å². The van der Waals surface area contributed by atoms with Gasteiger partial charge in [-0.15, -0.1) is 11.3 Å². The van der Waals surface area contributed by atoms with E-state index in [1.807, 2.05) is 0 Å². The van der Waals surface area contributed by atoms with Gasteiger partial charge in [-0.2, -0.15) is 0 Å². The number of carbonyl (C=O) groups is 1. The van der Waals surface area contributed by atoms with E-state index in [-0.39, 0.29) is 16.5 Å². The molecule has 1 amide bonds. The Morgan fingerprint density at radius 3 is 2.91 bits per heavy atom. The number of carbonyl (C=O) groups excluding carboxylic acids is 1. The van der Waals surface area contributed by atoms with Crippen LogP contribution in [0.3, 0.4) is 0 Å². The minimum absolute atomic E-state index is 0.127. The van der Waals surface area contributed by atoms with Crippen molar-refractivity contribution in [3.63, 3.8) is 0 Å². The van der Waals surface area contributed by atoms with Crippen LogP contribution in [-0.4, -0.2) is 15.9 Å². The number of nitrogens with one attached hydrogen (secondary N) is 1. The maximum atomic E-state index is 13.2. The average molecular weight is 334 g/mol. The predicted molar refractivity (Wildman–Crippen MR) is 84.7 cm³/mol. The number of hydrogen-bond acceptors (Lipinski definition) is 4. The van der Waals surface area contributed by atoms with Crippen molar-refractivity contribution in [2.75, 3.05) is 5.32 Å².